The standard InChI is InChI=1S/C16H21ClN2O2/c1-11(20)18-15-8-7-13(10-14(15)17)19-16(21)9-6-12-4-2-3-5-12/h7-8,10,12H,2-6,9H2,1H3,(H,18,20)(H,19,21). The molecular formula is C16H21ClN2O2. The van der Waals surface area contributed by atoms with Crippen LogP contribution < -0.4 is 10.6 Å². The maximum atomic E-state index is 11.9. The van der Waals surface area contributed by atoms with Crippen molar-refractivity contribution in [2.24, 2.45) is 5.92 Å². The summed E-state index contributed by atoms with van der Waals surface area (Å²) >= 11 is 6.07. The molecule has 0 bridgehead atoms. The zero-order valence-electron chi connectivity index (χ0n) is 12.2. The monoisotopic (exact) mass is 308 g/mol. The van der Waals surface area contributed by atoms with Crippen LogP contribution in [0.1, 0.15) is 45.4 Å². The van der Waals surface area contributed by atoms with Crippen molar-refractivity contribution in [3.05, 3.63) is 23.2 Å². The van der Waals surface area contributed by atoms with Gasteiger partial charge in [-0.05, 0) is 30.5 Å². The molecule has 1 aliphatic carbocycles. The first kappa shape index (κ1) is 15.8. The summed E-state index contributed by atoms with van der Waals surface area (Å²) in [4.78, 5) is 22.9. The van der Waals surface area contributed by atoms with Crippen molar-refractivity contribution in [2.45, 2.75) is 45.4 Å². The molecule has 1 aromatic rings. The topological polar surface area (TPSA) is 58.2 Å². The molecule has 2 N–H and O–H groups in total. The molecule has 0 spiro atoms. The Labute approximate surface area is 130 Å². The van der Waals surface area contributed by atoms with E-state index in [0.29, 0.717) is 28.7 Å². The van der Waals surface area contributed by atoms with Crippen LogP contribution in [0.4, 0.5) is 11.4 Å². The number of amides is 2. The highest BCUT2D eigenvalue weighted by Gasteiger charge is 2.16. The number of hydrogen-bond donors (Lipinski definition) is 2. The Morgan fingerprint density at radius 3 is 2.57 bits per heavy atom. The fourth-order valence-electron chi connectivity index (χ4n) is 2.74. The fourth-order valence-corrected chi connectivity index (χ4v) is 2.97. The molecule has 2 rings (SSSR count). The molecule has 1 aromatic carbocycles. The van der Waals surface area contributed by atoms with Crippen LogP contribution in [0.25, 0.3) is 0 Å². The van der Waals surface area contributed by atoms with E-state index >= 15 is 0 Å². The van der Waals surface area contributed by atoms with Gasteiger partial charge in [0.1, 0.15) is 0 Å². The molecular weight excluding hydrogens is 288 g/mol. The number of carbonyl (C=O) groups excluding carboxylic acids is 2. The summed E-state index contributed by atoms with van der Waals surface area (Å²) < 4.78 is 0. The second kappa shape index (κ2) is 7.46. The molecule has 0 saturated heterocycles. The van der Waals surface area contributed by atoms with Gasteiger partial charge in [-0.1, -0.05) is 37.3 Å². The first-order valence-electron chi connectivity index (χ1n) is 7.41. The van der Waals surface area contributed by atoms with E-state index in [4.69, 9.17) is 11.6 Å². The van der Waals surface area contributed by atoms with Crippen molar-refractivity contribution >= 4 is 34.8 Å². The van der Waals surface area contributed by atoms with Crippen molar-refractivity contribution in [2.75, 3.05) is 10.6 Å². The number of rotatable bonds is 5. The van der Waals surface area contributed by atoms with Crippen LogP contribution >= 0.6 is 11.6 Å². The zero-order chi connectivity index (χ0) is 15.2. The SMILES string of the molecule is CC(=O)Nc1ccc(NC(=O)CCC2CCCC2)cc1Cl. The second-order valence-electron chi connectivity index (χ2n) is 5.61. The van der Waals surface area contributed by atoms with Crippen LogP contribution in [0.15, 0.2) is 18.2 Å². The molecule has 4 nitrogen and oxygen atoms in total. The highest BCUT2D eigenvalue weighted by atomic mass is 35.5. The van der Waals surface area contributed by atoms with Crippen LogP contribution in [0, 0.1) is 5.92 Å². The average molecular weight is 309 g/mol. The minimum absolute atomic E-state index is 0.0187. The number of carbonyl (C=O) groups is 2. The maximum absolute atomic E-state index is 11.9. The zero-order valence-corrected chi connectivity index (χ0v) is 13.0. The van der Waals surface area contributed by atoms with Gasteiger partial charge in [0.25, 0.3) is 0 Å². The van der Waals surface area contributed by atoms with Gasteiger partial charge in [-0.15, -0.1) is 0 Å². The molecule has 0 heterocycles. The van der Waals surface area contributed by atoms with Crippen LogP contribution in [0.5, 0.6) is 0 Å². The summed E-state index contributed by atoms with van der Waals surface area (Å²) in [6.45, 7) is 1.43. The van der Waals surface area contributed by atoms with E-state index < -0.39 is 0 Å². The molecule has 1 fully saturated rings. The lowest BCUT2D eigenvalue weighted by atomic mass is 10.0. The third-order valence-corrected chi connectivity index (χ3v) is 4.13. The molecule has 0 aromatic heterocycles. The lowest BCUT2D eigenvalue weighted by Gasteiger charge is -2.11. The number of nitrogens with one attached hydrogen (secondary N) is 2. The molecule has 1 saturated carbocycles. The van der Waals surface area contributed by atoms with E-state index in [1.165, 1.54) is 32.6 Å². The lowest BCUT2D eigenvalue weighted by molar-refractivity contribution is -0.116. The molecule has 21 heavy (non-hydrogen) atoms. The third kappa shape index (κ3) is 5.05. The molecule has 114 valence electrons. The van der Waals surface area contributed by atoms with Gasteiger partial charge in [0.2, 0.25) is 11.8 Å². The van der Waals surface area contributed by atoms with Crippen LogP contribution in [-0.4, -0.2) is 11.8 Å². The van der Waals surface area contributed by atoms with Gasteiger partial charge in [-0.25, -0.2) is 0 Å². The van der Waals surface area contributed by atoms with E-state index in [-0.39, 0.29) is 11.8 Å². The van der Waals surface area contributed by atoms with Crippen molar-refractivity contribution in [1.82, 2.24) is 0 Å². The Kier molecular flexibility index (Phi) is 5.62. The van der Waals surface area contributed by atoms with Gasteiger partial charge in [-0.2, -0.15) is 0 Å². The Morgan fingerprint density at radius 2 is 1.95 bits per heavy atom. The van der Waals surface area contributed by atoms with E-state index in [9.17, 15) is 9.59 Å². The van der Waals surface area contributed by atoms with Crippen molar-refractivity contribution in [3.63, 3.8) is 0 Å². The minimum Gasteiger partial charge on any atom is -0.326 e. The molecule has 0 unspecified atom stereocenters. The van der Waals surface area contributed by atoms with E-state index in [2.05, 4.69) is 10.6 Å². The maximum Gasteiger partial charge on any atom is 0.224 e. The number of benzene rings is 1. The predicted octanol–water partition coefficient (Wildman–Crippen LogP) is 4.21. The number of anilines is 2. The summed E-state index contributed by atoms with van der Waals surface area (Å²) in [5, 5.41) is 5.90. The van der Waals surface area contributed by atoms with Crippen molar-refractivity contribution < 1.29 is 9.59 Å². The quantitative estimate of drug-likeness (QED) is 0.856. The van der Waals surface area contributed by atoms with E-state index in [0.717, 1.165) is 6.42 Å². The minimum atomic E-state index is -0.176. The van der Waals surface area contributed by atoms with Gasteiger partial charge in [0.05, 0.1) is 10.7 Å². The summed E-state index contributed by atoms with van der Waals surface area (Å²) in [5.74, 6) is 0.553. The molecule has 5 heteroatoms. The predicted molar refractivity (Wildman–Crippen MR) is 85.6 cm³/mol. The van der Waals surface area contributed by atoms with Gasteiger partial charge >= 0.3 is 0 Å². The normalized spacial score (nSPS) is 15.0. The Bertz CT molecular complexity index is 525. The summed E-state index contributed by atoms with van der Waals surface area (Å²) in [6.07, 6.45) is 6.62. The third-order valence-electron chi connectivity index (χ3n) is 3.82. The Balaban J connectivity index is 1.85. The summed E-state index contributed by atoms with van der Waals surface area (Å²) in [6, 6.07) is 5.08. The molecule has 1 aliphatic rings. The van der Waals surface area contributed by atoms with Gasteiger partial charge in [-0.3, -0.25) is 9.59 Å². The van der Waals surface area contributed by atoms with Gasteiger partial charge in [0, 0.05) is 19.0 Å². The lowest BCUT2D eigenvalue weighted by Crippen LogP contribution is -2.13. The smallest absolute Gasteiger partial charge is 0.224 e. The highest BCUT2D eigenvalue weighted by Crippen LogP contribution is 2.29. The summed E-state index contributed by atoms with van der Waals surface area (Å²) in [5.41, 5.74) is 1.21. The molecule has 2 amide bonds. The Hall–Kier alpha value is -1.55. The molecule has 0 aliphatic heterocycles. The second-order valence-corrected chi connectivity index (χ2v) is 6.02. The van der Waals surface area contributed by atoms with Gasteiger partial charge < -0.3 is 10.6 Å². The first-order chi connectivity index (χ1) is 10.0. The average Bonchev–Trinajstić information content (AvgIpc) is 2.92. The Morgan fingerprint density at radius 1 is 1.24 bits per heavy atom. The highest BCUT2D eigenvalue weighted by molar-refractivity contribution is 6.34. The largest absolute Gasteiger partial charge is 0.326 e. The number of hydrogen-bond acceptors (Lipinski definition) is 2. The van der Waals surface area contributed by atoms with Crippen LogP contribution in [0.2, 0.25) is 5.02 Å². The molecule has 0 atom stereocenters. The van der Waals surface area contributed by atoms with E-state index in [1.807, 2.05) is 0 Å². The number of halogens is 1. The van der Waals surface area contributed by atoms with Crippen molar-refractivity contribution in [3.8, 4) is 0 Å². The van der Waals surface area contributed by atoms with Crippen LogP contribution in [-0.2, 0) is 9.59 Å². The molecule has 0 radical (unpaired) electrons. The first-order valence-corrected chi connectivity index (χ1v) is 7.79. The van der Waals surface area contributed by atoms with Gasteiger partial charge in [0.15, 0.2) is 0 Å². The summed E-state index contributed by atoms with van der Waals surface area (Å²) in [7, 11) is 0. The van der Waals surface area contributed by atoms with Crippen molar-refractivity contribution in [1.29, 1.82) is 0 Å². The van der Waals surface area contributed by atoms with E-state index in [1.54, 1.807) is 18.2 Å². The van der Waals surface area contributed by atoms with Crippen LogP contribution in [0.3, 0.4) is 0 Å². The fraction of sp³-hybridized carbons (Fsp3) is 0.500.